The molecule has 0 unspecified atom stereocenters. The zero-order valence-electron chi connectivity index (χ0n) is 7.78. The minimum absolute atomic E-state index is 0.181. The molecule has 10 nitrogen and oxygen atoms in total. The van der Waals surface area contributed by atoms with E-state index in [2.05, 4.69) is 0 Å². The van der Waals surface area contributed by atoms with E-state index in [0.717, 1.165) is 0 Å². The van der Waals surface area contributed by atoms with Gasteiger partial charge >= 0.3 is 0 Å². The molecule has 0 atom stereocenters. The predicted octanol–water partition coefficient (Wildman–Crippen LogP) is -1.01. The fraction of sp³-hybridized carbons (Fsp3) is 1.00. The minimum Gasteiger partial charge on any atom is -0.329 e. The maximum Gasteiger partial charge on any atom is 0.291 e. The largest absolute Gasteiger partial charge is 0.329 e. The highest BCUT2D eigenvalue weighted by molar-refractivity contribution is 4.70. The van der Waals surface area contributed by atoms with Crippen molar-refractivity contribution in [2.45, 2.75) is 19.4 Å². The first kappa shape index (κ1) is 18.2. The van der Waals surface area contributed by atoms with Crippen molar-refractivity contribution in [1.29, 1.82) is 0 Å². The van der Waals surface area contributed by atoms with E-state index in [1.165, 1.54) is 0 Å². The first-order valence-electron chi connectivity index (χ1n) is 3.18. The van der Waals surface area contributed by atoms with Gasteiger partial charge in [-0.05, 0) is 13.8 Å². The molecule has 0 spiro atoms. The predicted molar refractivity (Wildman–Crippen MR) is 44.9 cm³/mol. The topological polar surface area (TPSA) is 179 Å². The highest BCUT2D eigenvalue weighted by Gasteiger charge is 2.04. The monoisotopic (exact) mass is 214 g/mol. The van der Waals surface area contributed by atoms with E-state index in [4.69, 9.17) is 42.1 Å². The van der Waals surface area contributed by atoms with Gasteiger partial charge in [-0.25, -0.2) is 0 Å². The molecule has 6 N–H and O–H groups in total. The molecule has 0 amide bonds. The molecule has 0 heterocycles. The standard InChI is InChI=1S/C4H12N2.2HNO3/c1-4(2,6)3-5;2*2-1(3)4/h3,5-6H2,1-2H3;2*(H,2,3,4). The van der Waals surface area contributed by atoms with Crippen LogP contribution in [0.15, 0.2) is 0 Å². The Hall–Kier alpha value is -1.68. The van der Waals surface area contributed by atoms with E-state index < -0.39 is 10.2 Å². The van der Waals surface area contributed by atoms with Gasteiger partial charge in [-0.15, -0.1) is 20.2 Å². The summed E-state index contributed by atoms with van der Waals surface area (Å²) < 4.78 is 0. The molecule has 0 aromatic carbocycles. The van der Waals surface area contributed by atoms with Gasteiger partial charge in [0.15, 0.2) is 0 Å². The van der Waals surface area contributed by atoms with Crippen LogP contribution in [0.2, 0.25) is 0 Å². The van der Waals surface area contributed by atoms with Crippen LogP contribution in [0, 0.1) is 20.2 Å². The Morgan fingerprint density at radius 2 is 1.29 bits per heavy atom. The molecule has 0 saturated heterocycles. The first-order chi connectivity index (χ1) is 6.02. The number of hydrogen-bond acceptors (Lipinski definition) is 6. The van der Waals surface area contributed by atoms with Gasteiger partial charge in [-0.2, -0.15) is 0 Å². The molecule has 0 aliphatic carbocycles. The Kier molecular flexibility index (Phi) is 12.2. The first-order valence-corrected chi connectivity index (χ1v) is 3.18. The molecule has 86 valence electrons. The quantitative estimate of drug-likeness (QED) is 0.316. The third-order valence-electron chi connectivity index (χ3n) is 0.526. The van der Waals surface area contributed by atoms with E-state index in [9.17, 15) is 0 Å². The molecule has 0 fully saturated rings. The fourth-order valence-electron chi connectivity index (χ4n) is 0. The molecular formula is C4H14N4O6. The van der Waals surface area contributed by atoms with Crippen molar-refractivity contribution < 1.29 is 20.6 Å². The van der Waals surface area contributed by atoms with Gasteiger partial charge in [0.05, 0.1) is 0 Å². The van der Waals surface area contributed by atoms with Crippen molar-refractivity contribution in [1.82, 2.24) is 0 Å². The van der Waals surface area contributed by atoms with Crippen LogP contribution in [0.1, 0.15) is 13.8 Å². The molecule has 0 saturated carbocycles. The van der Waals surface area contributed by atoms with Crippen molar-refractivity contribution in [3.8, 4) is 0 Å². The van der Waals surface area contributed by atoms with Crippen LogP contribution in [0.4, 0.5) is 0 Å². The Morgan fingerprint density at radius 1 is 1.21 bits per heavy atom. The Balaban J connectivity index is -0.000000135. The zero-order valence-corrected chi connectivity index (χ0v) is 7.78. The summed E-state index contributed by atoms with van der Waals surface area (Å²) in [5.41, 5.74) is 10.4. The molecule has 0 aliphatic heterocycles. The smallest absolute Gasteiger partial charge is 0.291 e. The second-order valence-corrected chi connectivity index (χ2v) is 2.67. The maximum absolute atomic E-state index is 8.36. The van der Waals surface area contributed by atoms with Gasteiger partial charge in [-0.3, -0.25) is 0 Å². The second-order valence-electron chi connectivity index (χ2n) is 2.67. The zero-order chi connectivity index (χ0) is 12.4. The normalized spacial score (nSPS) is 8.57. The third-order valence-corrected chi connectivity index (χ3v) is 0.526. The molecule has 14 heavy (non-hydrogen) atoms. The summed E-state index contributed by atoms with van der Waals surface area (Å²) >= 11 is 0. The van der Waals surface area contributed by atoms with Crippen LogP contribution in [-0.4, -0.2) is 32.7 Å². The lowest BCUT2D eigenvalue weighted by molar-refractivity contribution is -0.742. The van der Waals surface area contributed by atoms with Crippen LogP contribution in [0.25, 0.3) is 0 Å². The average Bonchev–Trinajstić information content (AvgIpc) is 1.83. The Labute approximate surface area is 79.3 Å². The van der Waals surface area contributed by atoms with Crippen LogP contribution >= 0.6 is 0 Å². The summed E-state index contributed by atoms with van der Waals surface area (Å²) in [6.45, 7) is 4.34. The minimum atomic E-state index is -1.50. The van der Waals surface area contributed by atoms with E-state index in [1.54, 1.807) is 0 Å². The highest BCUT2D eigenvalue weighted by Crippen LogP contribution is 1.88. The van der Waals surface area contributed by atoms with E-state index >= 15 is 0 Å². The lowest BCUT2D eigenvalue weighted by atomic mass is 10.1. The summed E-state index contributed by atoms with van der Waals surface area (Å²) in [6.07, 6.45) is 0. The molecule has 0 bridgehead atoms. The molecule has 0 rings (SSSR count). The maximum atomic E-state index is 8.36. The van der Waals surface area contributed by atoms with Crippen LogP contribution in [-0.2, 0) is 0 Å². The Morgan fingerprint density at radius 3 is 1.29 bits per heavy atom. The number of nitrogens with zero attached hydrogens (tertiary/aromatic N) is 2. The molecule has 0 radical (unpaired) electrons. The fourth-order valence-corrected chi connectivity index (χ4v) is 0. The van der Waals surface area contributed by atoms with Crippen molar-refractivity contribution in [3.63, 3.8) is 0 Å². The molecule has 0 aromatic heterocycles. The number of rotatable bonds is 1. The van der Waals surface area contributed by atoms with Crippen LogP contribution < -0.4 is 11.5 Å². The molecule has 0 aliphatic rings. The van der Waals surface area contributed by atoms with Gasteiger partial charge in [0.1, 0.15) is 0 Å². The molecule has 10 heteroatoms. The van der Waals surface area contributed by atoms with Crippen LogP contribution in [0.3, 0.4) is 0 Å². The second kappa shape index (κ2) is 9.41. The van der Waals surface area contributed by atoms with E-state index in [-0.39, 0.29) is 5.54 Å². The lowest BCUT2D eigenvalue weighted by Crippen LogP contribution is -2.40. The van der Waals surface area contributed by atoms with Crippen LogP contribution in [0.5, 0.6) is 0 Å². The SMILES string of the molecule is CC(C)(N)CN.O=[N+]([O-])O.O=[N+]([O-])O. The summed E-state index contributed by atoms with van der Waals surface area (Å²) in [6, 6.07) is 0. The van der Waals surface area contributed by atoms with Gasteiger partial charge in [0, 0.05) is 12.1 Å². The molecular weight excluding hydrogens is 200 g/mol. The summed E-state index contributed by atoms with van der Waals surface area (Å²) in [4.78, 5) is 16.7. The lowest BCUT2D eigenvalue weighted by Gasteiger charge is -2.13. The molecule has 0 aromatic rings. The van der Waals surface area contributed by atoms with Gasteiger partial charge in [0.2, 0.25) is 0 Å². The van der Waals surface area contributed by atoms with E-state index in [0.29, 0.717) is 6.54 Å². The van der Waals surface area contributed by atoms with E-state index in [1.807, 2.05) is 13.8 Å². The van der Waals surface area contributed by atoms with Crippen molar-refractivity contribution >= 4 is 0 Å². The van der Waals surface area contributed by atoms with Gasteiger partial charge in [-0.1, -0.05) is 0 Å². The van der Waals surface area contributed by atoms with Gasteiger partial charge < -0.3 is 21.9 Å². The Bertz CT molecular complexity index is 146. The average molecular weight is 214 g/mol. The van der Waals surface area contributed by atoms with Gasteiger partial charge in [0.25, 0.3) is 10.2 Å². The summed E-state index contributed by atoms with van der Waals surface area (Å²) in [5.74, 6) is 0. The highest BCUT2D eigenvalue weighted by atomic mass is 16.9. The third kappa shape index (κ3) is 514. The summed E-state index contributed by atoms with van der Waals surface area (Å²) in [5, 5.41) is 27.3. The number of nitrogens with two attached hydrogens (primary N) is 2. The van der Waals surface area contributed by atoms with Crippen molar-refractivity contribution in [2.75, 3.05) is 6.54 Å². The summed E-state index contributed by atoms with van der Waals surface area (Å²) in [7, 11) is 0. The number of hydrogen-bond donors (Lipinski definition) is 4. The van der Waals surface area contributed by atoms with Crippen molar-refractivity contribution in [3.05, 3.63) is 20.2 Å². The van der Waals surface area contributed by atoms with Crippen molar-refractivity contribution in [2.24, 2.45) is 11.5 Å².